The van der Waals surface area contributed by atoms with Crippen LogP contribution in [0.2, 0.25) is 0 Å². The SMILES string of the molecule is CCOc1ccccc1NC(=O)[C@H](Oc1ccc(S(=O)(=O)N2CCOCC2)cc1)c1ccccc1. The van der Waals surface area contributed by atoms with E-state index in [0.29, 0.717) is 55.7 Å². The maximum Gasteiger partial charge on any atom is 0.270 e. The molecule has 0 spiro atoms. The van der Waals surface area contributed by atoms with Gasteiger partial charge in [-0.2, -0.15) is 4.31 Å². The number of carbonyl (C=O) groups excluding carboxylic acids is 1. The van der Waals surface area contributed by atoms with Crippen LogP contribution in [0.15, 0.2) is 83.8 Å². The van der Waals surface area contributed by atoms with E-state index in [4.69, 9.17) is 14.2 Å². The average molecular weight is 497 g/mol. The minimum Gasteiger partial charge on any atom is -0.492 e. The molecule has 1 N–H and O–H groups in total. The lowest BCUT2D eigenvalue weighted by atomic mass is 10.1. The van der Waals surface area contributed by atoms with Crippen LogP contribution in [-0.4, -0.2) is 51.5 Å². The summed E-state index contributed by atoms with van der Waals surface area (Å²) < 4.78 is 44.1. The van der Waals surface area contributed by atoms with Crippen LogP contribution in [0.1, 0.15) is 18.6 Å². The molecule has 35 heavy (non-hydrogen) atoms. The molecule has 0 saturated carbocycles. The number of sulfonamides is 1. The van der Waals surface area contributed by atoms with Crippen molar-refractivity contribution in [3.05, 3.63) is 84.4 Å². The second-order valence-corrected chi connectivity index (χ2v) is 9.75. The number of para-hydroxylation sites is 2. The Kier molecular flexibility index (Phi) is 8.02. The van der Waals surface area contributed by atoms with E-state index in [1.165, 1.54) is 16.4 Å². The molecule has 1 atom stereocenters. The normalized spacial score (nSPS) is 15.2. The van der Waals surface area contributed by atoms with E-state index in [1.54, 1.807) is 36.4 Å². The predicted molar refractivity (Wildman–Crippen MR) is 132 cm³/mol. The molecular weight excluding hydrogens is 468 g/mol. The molecule has 184 valence electrons. The van der Waals surface area contributed by atoms with Crippen molar-refractivity contribution in [2.24, 2.45) is 0 Å². The van der Waals surface area contributed by atoms with E-state index < -0.39 is 16.1 Å². The zero-order valence-electron chi connectivity index (χ0n) is 19.4. The number of carbonyl (C=O) groups is 1. The number of rotatable bonds is 9. The van der Waals surface area contributed by atoms with Crippen LogP contribution < -0.4 is 14.8 Å². The first-order valence-corrected chi connectivity index (χ1v) is 12.9. The zero-order valence-corrected chi connectivity index (χ0v) is 20.2. The minimum atomic E-state index is -3.62. The molecular formula is C26H28N2O6S. The molecule has 0 radical (unpaired) electrons. The van der Waals surface area contributed by atoms with Gasteiger partial charge < -0.3 is 19.5 Å². The topological polar surface area (TPSA) is 94.2 Å². The van der Waals surface area contributed by atoms with Crippen molar-refractivity contribution in [3.63, 3.8) is 0 Å². The van der Waals surface area contributed by atoms with Gasteiger partial charge >= 0.3 is 0 Å². The summed E-state index contributed by atoms with van der Waals surface area (Å²) in [5, 5.41) is 2.89. The van der Waals surface area contributed by atoms with Crippen molar-refractivity contribution in [1.29, 1.82) is 0 Å². The summed E-state index contributed by atoms with van der Waals surface area (Å²) >= 11 is 0. The van der Waals surface area contributed by atoms with Crippen LogP contribution in [0.25, 0.3) is 0 Å². The fraction of sp³-hybridized carbons (Fsp3) is 0.269. The highest BCUT2D eigenvalue weighted by atomic mass is 32.2. The standard InChI is InChI=1S/C26H28N2O6S/c1-2-33-24-11-7-6-10-23(24)27-26(29)25(20-8-4-3-5-9-20)34-21-12-14-22(15-13-21)35(30,31)28-16-18-32-19-17-28/h3-15,25H,2,16-19H2,1H3,(H,27,29)/t25-/m1/s1. The van der Waals surface area contributed by atoms with E-state index in [9.17, 15) is 13.2 Å². The van der Waals surface area contributed by atoms with Crippen molar-refractivity contribution in [1.82, 2.24) is 4.31 Å². The Morgan fingerprint density at radius 2 is 1.63 bits per heavy atom. The molecule has 3 aromatic carbocycles. The third-order valence-electron chi connectivity index (χ3n) is 5.47. The third-order valence-corrected chi connectivity index (χ3v) is 7.38. The number of benzene rings is 3. The van der Waals surface area contributed by atoms with Gasteiger partial charge in [0.05, 0.1) is 30.4 Å². The van der Waals surface area contributed by atoms with Crippen molar-refractivity contribution in [2.75, 3.05) is 38.2 Å². The van der Waals surface area contributed by atoms with E-state index >= 15 is 0 Å². The van der Waals surface area contributed by atoms with Crippen molar-refractivity contribution >= 4 is 21.6 Å². The van der Waals surface area contributed by atoms with Crippen LogP contribution in [0.4, 0.5) is 5.69 Å². The van der Waals surface area contributed by atoms with Crippen LogP contribution >= 0.6 is 0 Å². The molecule has 0 bridgehead atoms. The van der Waals surface area contributed by atoms with Crippen LogP contribution in [0, 0.1) is 0 Å². The fourth-order valence-corrected chi connectivity index (χ4v) is 5.12. The van der Waals surface area contributed by atoms with Gasteiger partial charge in [0.25, 0.3) is 5.91 Å². The number of ether oxygens (including phenoxy) is 3. The Hall–Kier alpha value is -3.40. The third kappa shape index (κ3) is 6.00. The van der Waals surface area contributed by atoms with Crippen LogP contribution in [0.3, 0.4) is 0 Å². The number of morpholine rings is 1. The summed E-state index contributed by atoms with van der Waals surface area (Å²) in [6, 6.07) is 22.4. The Bertz CT molecular complexity index is 1230. The Morgan fingerprint density at radius 1 is 0.971 bits per heavy atom. The lowest BCUT2D eigenvalue weighted by Crippen LogP contribution is -2.40. The van der Waals surface area contributed by atoms with E-state index in [2.05, 4.69) is 5.32 Å². The Labute approximate surface area is 205 Å². The number of hydrogen-bond donors (Lipinski definition) is 1. The van der Waals surface area contributed by atoms with Gasteiger partial charge in [0.15, 0.2) is 0 Å². The summed E-state index contributed by atoms with van der Waals surface area (Å²) in [6.07, 6.45) is -0.965. The molecule has 0 aliphatic carbocycles. The number of nitrogens with zero attached hydrogens (tertiary/aromatic N) is 1. The smallest absolute Gasteiger partial charge is 0.270 e. The monoisotopic (exact) mass is 496 g/mol. The molecule has 0 aromatic heterocycles. The fourth-order valence-electron chi connectivity index (χ4n) is 3.71. The molecule has 1 aliphatic rings. The maximum atomic E-state index is 13.3. The quantitative estimate of drug-likeness (QED) is 0.483. The molecule has 3 aromatic rings. The first kappa shape index (κ1) is 24.7. The van der Waals surface area contributed by atoms with Gasteiger partial charge in [-0.25, -0.2) is 8.42 Å². The molecule has 9 heteroatoms. The highest BCUT2D eigenvalue weighted by molar-refractivity contribution is 7.89. The van der Waals surface area contributed by atoms with Gasteiger partial charge in [-0.1, -0.05) is 42.5 Å². The second-order valence-electron chi connectivity index (χ2n) is 7.81. The van der Waals surface area contributed by atoms with Gasteiger partial charge in [0, 0.05) is 18.7 Å². The number of amides is 1. The number of hydrogen-bond acceptors (Lipinski definition) is 6. The van der Waals surface area contributed by atoms with Crippen LogP contribution in [0.5, 0.6) is 11.5 Å². The molecule has 1 saturated heterocycles. The minimum absolute atomic E-state index is 0.165. The Morgan fingerprint density at radius 3 is 2.31 bits per heavy atom. The molecule has 1 fully saturated rings. The summed E-state index contributed by atoms with van der Waals surface area (Å²) in [5.74, 6) is 0.550. The van der Waals surface area contributed by atoms with Gasteiger partial charge in [-0.3, -0.25) is 4.79 Å². The molecule has 4 rings (SSSR count). The summed E-state index contributed by atoms with van der Waals surface area (Å²) in [5.41, 5.74) is 1.19. The maximum absolute atomic E-state index is 13.3. The molecule has 1 aliphatic heterocycles. The number of nitrogens with one attached hydrogen (secondary N) is 1. The first-order chi connectivity index (χ1) is 17.0. The number of anilines is 1. The van der Waals surface area contributed by atoms with Crippen molar-refractivity contribution in [3.8, 4) is 11.5 Å². The van der Waals surface area contributed by atoms with Gasteiger partial charge in [-0.05, 0) is 43.3 Å². The lowest BCUT2D eigenvalue weighted by molar-refractivity contribution is -0.123. The van der Waals surface area contributed by atoms with E-state index in [0.717, 1.165) is 0 Å². The summed E-state index contributed by atoms with van der Waals surface area (Å²) in [4.78, 5) is 13.5. The largest absolute Gasteiger partial charge is 0.492 e. The van der Waals surface area contributed by atoms with Crippen molar-refractivity contribution in [2.45, 2.75) is 17.9 Å². The summed E-state index contributed by atoms with van der Waals surface area (Å²) in [7, 11) is -3.62. The van der Waals surface area contributed by atoms with Gasteiger partial charge in [0.1, 0.15) is 11.5 Å². The Balaban J connectivity index is 1.55. The highest BCUT2D eigenvalue weighted by Crippen LogP contribution is 2.29. The first-order valence-electron chi connectivity index (χ1n) is 11.4. The summed E-state index contributed by atoms with van der Waals surface area (Å²) in [6.45, 7) is 3.73. The van der Waals surface area contributed by atoms with E-state index in [1.807, 2.05) is 37.3 Å². The lowest BCUT2D eigenvalue weighted by Gasteiger charge is -2.26. The molecule has 0 unspecified atom stereocenters. The predicted octanol–water partition coefficient (Wildman–Crippen LogP) is 3.87. The average Bonchev–Trinajstić information content (AvgIpc) is 2.90. The van der Waals surface area contributed by atoms with Crippen molar-refractivity contribution < 1.29 is 27.4 Å². The van der Waals surface area contributed by atoms with Crippen LogP contribution in [-0.2, 0) is 19.6 Å². The zero-order chi connectivity index (χ0) is 24.7. The van der Waals surface area contributed by atoms with E-state index in [-0.39, 0.29) is 10.8 Å². The van der Waals surface area contributed by atoms with Gasteiger partial charge in [0.2, 0.25) is 16.1 Å². The molecule has 1 heterocycles. The molecule has 1 amide bonds. The van der Waals surface area contributed by atoms with Gasteiger partial charge in [-0.15, -0.1) is 0 Å². The second kappa shape index (κ2) is 11.4. The molecule has 8 nitrogen and oxygen atoms in total. The highest BCUT2D eigenvalue weighted by Gasteiger charge is 2.27.